The van der Waals surface area contributed by atoms with Crippen LogP contribution in [0.15, 0.2) is 53.5 Å². The Kier molecular flexibility index (Phi) is 5.05. The third-order valence-corrected chi connectivity index (χ3v) is 6.12. The van der Waals surface area contributed by atoms with Crippen molar-refractivity contribution in [3.8, 4) is 0 Å². The molecule has 1 fully saturated rings. The van der Waals surface area contributed by atoms with Crippen LogP contribution < -0.4 is 0 Å². The number of aromatic nitrogens is 1. The molecule has 0 spiro atoms. The van der Waals surface area contributed by atoms with E-state index in [-0.39, 0.29) is 11.3 Å². The zero-order valence-electron chi connectivity index (χ0n) is 15.6. The average molecular weight is 394 g/mol. The second kappa shape index (κ2) is 7.64. The number of thiophene rings is 1. The van der Waals surface area contributed by atoms with Crippen LogP contribution in [0.25, 0.3) is 16.7 Å². The first kappa shape index (κ1) is 18.5. The Morgan fingerprint density at radius 1 is 1.18 bits per heavy atom. The number of carbonyl (C=O) groups is 2. The Hall–Kier alpha value is -2.86. The number of H-pyrrole nitrogens is 1. The fraction of sp³-hybridized carbons (Fsp3) is 0.273. The third-order valence-electron chi connectivity index (χ3n) is 5.20. The number of nitrogens with one attached hydrogen (secondary N) is 1. The van der Waals surface area contributed by atoms with Crippen LogP contribution in [0.1, 0.15) is 42.7 Å². The van der Waals surface area contributed by atoms with Crippen molar-refractivity contribution < 1.29 is 14.7 Å². The summed E-state index contributed by atoms with van der Waals surface area (Å²) in [5.74, 6) is -1.26. The molecular weight excluding hydrogens is 372 g/mol. The molecule has 1 aromatic carbocycles. The number of Topliss-reactive ketones (excluding diaryl/α,β-unsaturated/α-hetero) is 1. The maximum Gasteiger partial charge on any atom is 0.295 e. The van der Waals surface area contributed by atoms with Gasteiger partial charge in [-0.05, 0) is 23.9 Å². The van der Waals surface area contributed by atoms with E-state index in [1.54, 1.807) is 11.1 Å². The number of hydrogen-bond acceptors (Lipinski definition) is 4. The van der Waals surface area contributed by atoms with E-state index in [9.17, 15) is 14.7 Å². The maximum absolute atomic E-state index is 12.9. The van der Waals surface area contributed by atoms with Crippen LogP contribution in [0, 0.1) is 0 Å². The molecule has 2 N–H and O–H groups in total. The minimum atomic E-state index is -0.613. The van der Waals surface area contributed by atoms with Gasteiger partial charge in [0, 0.05) is 34.1 Å². The molecule has 1 aliphatic rings. The number of hydrogen-bond donors (Lipinski definition) is 2. The number of ketones is 1. The van der Waals surface area contributed by atoms with Gasteiger partial charge < -0.3 is 15.0 Å². The largest absolute Gasteiger partial charge is 0.507 e. The third kappa shape index (κ3) is 3.03. The number of fused-ring (bicyclic) bond motifs is 1. The van der Waals surface area contributed by atoms with Gasteiger partial charge in [0.05, 0.1) is 11.6 Å². The molecule has 144 valence electrons. The van der Waals surface area contributed by atoms with E-state index in [0.717, 1.165) is 35.0 Å². The predicted octanol–water partition coefficient (Wildman–Crippen LogP) is 4.84. The van der Waals surface area contributed by atoms with Gasteiger partial charge in [-0.3, -0.25) is 9.59 Å². The van der Waals surface area contributed by atoms with Crippen LogP contribution in [0.5, 0.6) is 0 Å². The van der Waals surface area contributed by atoms with Crippen LogP contribution in [-0.4, -0.2) is 33.2 Å². The molecule has 0 saturated carbocycles. The van der Waals surface area contributed by atoms with Crippen LogP contribution >= 0.6 is 11.3 Å². The zero-order chi connectivity index (χ0) is 19.7. The number of para-hydroxylation sites is 1. The van der Waals surface area contributed by atoms with Crippen molar-refractivity contribution in [1.82, 2.24) is 9.88 Å². The lowest BCUT2D eigenvalue weighted by atomic mass is 9.99. The van der Waals surface area contributed by atoms with Crippen molar-refractivity contribution in [3.63, 3.8) is 0 Å². The van der Waals surface area contributed by atoms with E-state index in [0.29, 0.717) is 12.1 Å². The van der Waals surface area contributed by atoms with Gasteiger partial charge in [-0.25, -0.2) is 0 Å². The smallest absolute Gasteiger partial charge is 0.295 e. The molecule has 1 saturated heterocycles. The summed E-state index contributed by atoms with van der Waals surface area (Å²) in [7, 11) is 0. The summed E-state index contributed by atoms with van der Waals surface area (Å²) in [4.78, 5) is 31.3. The van der Waals surface area contributed by atoms with E-state index < -0.39 is 17.7 Å². The van der Waals surface area contributed by atoms with E-state index >= 15 is 0 Å². The molecule has 5 nitrogen and oxygen atoms in total. The Morgan fingerprint density at radius 3 is 2.75 bits per heavy atom. The van der Waals surface area contributed by atoms with Crippen molar-refractivity contribution in [1.29, 1.82) is 0 Å². The molecule has 6 heteroatoms. The van der Waals surface area contributed by atoms with Gasteiger partial charge in [0.2, 0.25) is 0 Å². The Balaban J connectivity index is 1.84. The lowest BCUT2D eigenvalue weighted by molar-refractivity contribution is -0.139. The standard InChI is InChI=1S/C22H22N2O3S/c1-2-3-6-11-24-19(17-10-7-12-28-17)18(21(26)22(24)27)20(25)15-13-23-16-9-5-4-8-14(15)16/h4-5,7-10,12-13,19,23,25H,2-3,6,11H2,1H3/b20-18-. The highest BCUT2D eigenvalue weighted by Crippen LogP contribution is 2.42. The fourth-order valence-corrected chi connectivity index (χ4v) is 4.64. The highest BCUT2D eigenvalue weighted by atomic mass is 32.1. The molecule has 0 aliphatic carbocycles. The predicted molar refractivity (Wildman–Crippen MR) is 111 cm³/mol. The highest BCUT2D eigenvalue weighted by molar-refractivity contribution is 7.10. The second-order valence-corrected chi connectivity index (χ2v) is 7.94. The minimum Gasteiger partial charge on any atom is -0.507 e. The van der Waals surface area contributed by atoms with Crippen molar-refractivity contribution >= 4 is 39.7 Å². The summed E-state index contributed by atoms with van der Waals surface area (Å²) in [6.45, 7) is 2.60. The number of carbonyl (C=O) groups excluding carboxylic acids is 2. The lowest BCUT2D eigenvalue weighted by Gasteiger charge is -2.23. The van der Waals surface area contributed by atoms with Crippen molar-refractivity contribution in [2.75, 3.05) is 6.54 Å². The number of rotatable bonds is 6. The molecule has 3 aromatic rings. The minimum absolute atomic E-state index is 0.118. The van der Waals surface area contributed by atoms with Crippen molar-refractivity contribution in [2.24, 2.45) is 0 Å². The van der Waals surface area contributed by atoms with Gasteiger partial charge in [0.15, 0.2) is 0 Å². The van der Waals surface area contributed by atoms with E-state index in [1.807, 2.05) is 41.8 Å². The molecular formula is C22H22N2O3S. The van der Waals surface area contributed by atoms with Crippen molar-refractivity contribution in [3.05, 3.63) is 64.0 Å². The van der Waals surface area contributed by atoms with Gasteiger partial charge in [-0.2, -0.15) is 0 Å². The van der Waals surface area contributed by atoms with E-state index in [4.69, 9.17) is 0 Å². The summed E-state index contributed by atoms with van der Waals surface area (Å²) in [5.41, 5.74) is 1.59. The van der Waals surface area contributed by atoms with E-state index in [2.05, 4.69) is 11.9 Å². The van der Waals surface area contributed by atoms with E-state index in [1.165, 1.54) is 11.3 Å². The molecule has 2 aromatic heterocycles. The maximum atomic E-state index is 12.9. The SMILES string of the molecule is CCCCCN1C(=O)C(=O)/C(=C(\O)c2c[nH]c3ccccc23)C1c1cccs1. The number of unbranched alkanes of at least 4 members (excludes halogenated alkanes) is 2. The van der Waals surface area contributed by atoms with Crippen LogP contribution in [0.3, 0.4) is 0 Å². The average Bonchev–Trinajstić information content (AvgIpc) is 3.42. The monoisotopic (exact) mass is 394 g/mol. The van der Waals surface area contributed by atoms with Crippen LogP contribution in [-0.2, 0) is 9.59 Å². The summed E-state index contributed by atoms with van der Waals surface area (Å²) in [6.07, 6.45) is 4.54. The first-order chi connectivity index (χ1) is 13.6. The van der Waals surface area contributed by atoms with Crippen molar-refractivity contribution in [2.45, 2.75) is 32.2 Å². The number of benzene rings is 1. The topological polar surface area (TPSA) is 73.4 Å². The normalized spacial score (nSPS) is 19.0. The molecule has 28 heavy (non-hydrogen) atoms. The molecule has 4 rings (SSSR count). The van der Waals surface area contributed by atoms with Gasteiger partial charge in [0.1, 0.15) is 5.76 Å². The number of likely N-dealkylation sites (tertiary alicyclic amines) is 1. The summed E-state index contributed by atoms with van der Waals surface area (Å²) in [5, 5.41) is 13.9. The summed E-state index contributed by atoms with van der Waals surface area (Å²) in [6, 6.07) is 10.9. The molecule has 1 atom stereocenters. The molecule has 1 aliphatic heterocycles. The summed E-state index contributed by atoms with van der Waals surface area (Å²) >= 11 is 1.49. The van der Waals surface area contributed by atoms with Crippen LogP contribution in [0.2, 0.25) is 0 Å². The highest BCUT2D eigenvalue weighted by Gasteiger charge is 2.46. The van der Waals surface area contributed by atoms with Gasteiger partial charge in [-0.1, -0.05) is 44.0 Å². The number of nitrogens with zero attached hydrogens (tertiary/aromatic N) is 1. The Labute approximate surface area is 167 Å². The summed E-state index contributed by atoms with van der Waals surface area (Å²) < 4.78 is 0. The quantitative estimate of drug-likeness (QED) is 0.272. The van der Waals surface area contributed by atoms with Gasteiger partial charge in [0.25, 0.3) is 11.7 Å². The number of aromatic amines is 1. The number of aliphatic hydroxyl groups is 1. The molecule has 1 amide bonds. The Morgan fingerprint density at radius 2 is 2.00 bits per heavy atom. The molecule has 3 heterocycles. The van der Waals surface area contributed by atoms with Gasteiger partial charge in [-0.15, -0.1) is 11.3 Å². The second-order valence-electron chi connectivity index (χ2n) is 6.96. The molecule has 1 unspecified atom stereocenters. The van der Waals surface area contributed by atoms with Gasteiger partial charge >= 0.3 is 0 Å². The van der Waals surface area contributed by atoms with Crippen LogP contribution in [0.4, 0.5) is 0 Å². The Bertz CT molecular complexity index is 1050. The first-order valence-electron chi connectivity index (χ1n) is 9.51. The fourth-order valence-electron chi connectivity index (χ4n) is 3.80. The molecule has 0 bridgehead atoms. The number of amides is 1. The lowest BCUT2D eigenvalue weighted by Crippen LogP contribution is -2.30. The first-order valence-corrected chi connectivity index (χ1v) is 10.4. The zero-order valence-corrected chi connectivity index (χ0v) is 16.5. The molecule has 0 radical (unpaired) electrons. The number of aliphatic hydroxyl groups excluding tert-OH is 1.